The summed E-state index contributed by atoms with van der Waals surface area (Å²) >= 11 is 0. The van der Waals surface area contributed by atoms with E-state index in [0.717, 1.165) is 11.1 Å². The third kappa shape index (κ3) is 1.64. The summed E-state index contributed by atoms with van der Waals surface area (Å²) in [6.45, 7) is 3.82. The summed E-state index contributed by atoms with van der Waals surface area (Å²) in [6.07, 6.45) is 2.97. The fraction of sp³-hybridized carbons (Fsp3) is 0.133. The zero-order valence-electron chi connectivity index (χ0n) is 10.7. The number of anilines is 1. The molecule has 0 saturated heterocycles. The number of aromatic nitrogens is 1. The van der Waals surface area contributed by atoms with Gasteiger partial charge in [-0.05, 0) is 37.1 Å². The number of amides is 2. The Balaban J connectivity index is 2.17. The molecular formula is C15H12N2O2. The number of carbonyl (C=O) groups excluding carboxylic acids is 2. The summed E-state index contributed by atoms with van der Waals surface area (Å²) in [6, 6.07) is 7.30. The number of nitrogens with zero attached hydrogens (tertiary/aromatic N) is 2. The minimum absolute atomic E-state index is 0.281. The minimum atomic E-state index is -0.304. The van der Waals surface area contributed by atoms with Crippen LogP contribution in [0, 0.1) is 13.8 Å². The van der Waals surface area contributed by atoms with Crippen LogP contribution in [0.3, 0.4) is 0 Å². The van der Waals surface area contributed by atoms with Crippen LogP contribution >= 0.6 is 0 Å². The molecule has 0 saturated carbocycles. The molecule has 19 heavy (non-hydrogen) atoms. The first-order valence-corrected chi connectivity index (χ1v) is 5.99. The van der Waals surface area contributed by atoms with Crippen molar-refractivity contribution in [3.8, 4) is 0 Å². The van der Waals surface area contributed by atoms with Gasteiger partial charge in [0.1, 0.15) is 0 Å². The van der Waals surface area contributed by atoms with Crippen LogP contribution in [0.5, 0.6) is 0 Å². The molecular weight excluding hydrogens is 240 g/mol. The predicted octanol–water partition coefficient (Wildman–Crippen LogP) is 2.50. The fourth-order valence-electron chi connectivity index (χ4n) is 2.26. The lowest BCUT2D eigenvalue weighted by Crippen LogP contribution is -2.30. The highest BCUT2D eigenvalue weighted by molar-refractivity contribution is 6.34. The summed E-state index contributed by atoms with van der Waals surface area (Å²) in [7, 11) is 0. The molecule has 0 unspecified atom stereocenters. The number of imide groups is 1. The van der Waals surface area contributed by atoms with E-state index in [-0.39, 0.29) is 11.8 Å². The first kappa shape index (κ1) is 11.6. The monoisotopic (exact) mass is 252 g/mol. The molecule has 2 heterocycles. The van der Waals surface area contributed by atoms with Crippen LogP contribution in [0.15, 0.2) is 36.7 Å². The van der Waals surface area contributed by atoms with Gasteiger partial charge in [0, 0.05) is 12.4 Å². The third-order valence-electron chi connectivity index (χ3n) is 3.29. The average molecular weight is 252 g/mol. The Morgan fingerprint density at radius 3 is 2.47 bits per heavy atom. The second-order valence-electron chi connectivity index (χ2n) is 4.66. The van der Waals surface area contributed by atoms with Crippen molar-refractivity contribution < 1.29 is 9.59 Å². The van der Waals surface area contributed by atoms with Crippen molar-refractivity contribution in [3.05, 3.63) is 58.9 Å². The molecule has 0 fully saturated rings. The highest BCUT2D eigenvalue weighted by Crippen LogP contribution is 2.30. The van der Waals surface area contributed by atoms with E-state index in [1.807, 2.05) is 32.0 Å². The molecule has 2 amide bonds. The van der Waals surface area contributed by atoms with E-state index in [1.165, 1.54) is 17.3 Å². The summed E-state index contributed by atoms with van der Waals surface area (Å²) in [4.78, 5) is 29.8. The zero-order valence-corrected chi connectivity index (χ0v) is 10.7. The van der Waals surface area contributed by atoms with Gasteiger partial charge < -0.3 is 0 Å². The van der Waals surface area contributed by atoms with E-state index in [2.05, 4.69) is 4.98 Å². The first-order valence-electron chi connectivity index (χ1n) is 5.99. The zero-order chi connectivity index (χ0) is 13.6. The van der Waals surface area contributed by atoms with Gasteiger partial charge in [-0.25, -0.2) is 4.90 Å². The molecule has 2 aromatic rings. The Hall–Kier alpha value is -2.49. The van der Waals surface area contributed by atoms with Gasteiger partial charge in [0.25, 0.3) is 11.8 Å². The SMILES string of the molecule is Cc1ccc(C)c(N2C(=O)c3ccncc3C2=O)c1. The van der Waals surface area contributed by atoms with Crippen LogP contribution in [0.1, 0.15) is 31.8 Å². The molecule has 0 spiro atoms. The molecule has 94 valence electrons. The molecule has 1 aliphatic heterocycles. The Morgan fingerprint density at radius 1 is 1.00 bits per heavy atom. The van der Waals surface area contributed by atoms with E-state index in [4.69, 9.17) is 0 Å². The van der Waals surface area contributed by atoms with E-state index in [1.54, 1.807) is 6.07 Å². The lowest BCUT2D eigenvalue weighted by molar-refractivity contribution is 0.0926. The van der Waals surface area contributed by atoms with E-state index < -0.39 is 0 Å². The van der Waals surface area contributed by atoms with E-state index >= 15 is 0 Å². The van der Waals surface area contributed by atoms with Crippen LogP contribution in [0.4, 0.5) is 5.69 Å². The lowest BCUT2D eigenvalue weighted by Gasteiger charge is -2.17. The van der Waals surface area contributed by atoms with Crippen LogP contribution in [-0.4, -0.2) is 16.8 Å². The van der Waals surface area contributed by atoms with Crippen molar-refractivity contribution in [1.82, 2.24) is 4.98 Å². The highest BCUT2D eigenvalue weighted by Gasteiger charge is 2.37. The number of benzene rings is 1. The average Bonchev–Trinajstić information content (AvgIpc) is 2.66. The van der Waals surface area contributed by atoms with Crippen molar-refractivity contribution in [3.63, 3.8) is 0 Å². The molecule has 4 nitrogen and oxygen atoms in total. The summed E-state index contributed by atoms with van der Waals surface area (Å²) < 4.78 is 0. The Bertz CT molecular complexity index is 672. The minimum Gasteiger partial charge on any atom is -0.268 e. The lowest BCUT2D eigenvalue weighted by atomic mass is 10.1. The van der Waals surface area contributed by atoms with Crippen LogP contribution in [0.25, 0.3) is 0 Å². The largest absolute Gasteiger partial charge is 0.268 e. The third-order valence-corrected chi connectivity index (χ3v) is 3.29. The number of carbonyl (C=O) groups is 2. The summed E-state index contributed by atoms with van der Waals surface area (Å²) in [5.41, 5.74) is 3.34. The quantitative estimate of drug-likeness (QED) is 0.733. The molecule has 0 N–H and O–H groups in total. The number of fused-ring (bicyclic) bond motifs is 1. The van der Waals surface area contributed by atoms with Crippen LogP contribution < -0.4 is 4.90 Å². The molecule has 1 aliphatic rings. The Kier molecular flexibility index (Phi) is 2.45. The fourth-order valence-corrected chi connectivity index (χ4v) is 2.26. The summed E-state index contributed by atoms with van der Waals surface area (Å²) in [5.74, 6) is -0.585. The number of rotatable bonds is 1. The van der Waals surface area contributed by atoms with E-state index in [9.17, 15) is 9.59 Å². The van der Waals surface area contributed by atoms with Crippen molar-refractivity contribution in [2.24, 2.45) is 0 Å². The van der Waals surface area contributed by atoms with Crippen molar-refractivity contribution in [2.75, 3.05) is 4.90 Å². The molecule has 1 aromatic heterocycles. The van der Waals surface area contributed by atoms with Gasteiger partial charge in [-0.1, -0.05) is 12.1 Å². The normalized spacial score (nSPS) is 13.9. The standard InChI is InChI=1S/C15H12N2O2/c1-9-3-4-10(2)13(7-9)17-14(18)11-5-6-16-8-12(11)15(17)19/h3-8H,1-2H3. The van der Waals surface area contributed by atoms with Crippen LogP contribution in [0.2, 0.25) is 0 Å². The molecule has 0 radical (unpaired) electrons. The van der Waals surface area contributed by atoms with Crippen molar-refractivity contribution in [2.45, 2.75) is 13.8 Å². The maximum Gasteiger partial charge on any atom is 0.267 e. The Morgan fingerprint density at radius 2 is 1.74 bits per heavy atom. The van der Waals surface area contributed by atoms with Gasteiger partial charge in [0.05, 0.1) is 16.8 Å². The molecule has 4 heteroatoms. The Labute approximate surface area is 110 Å². The van der Waals surface area contributed by atoms with Gasteiger partial charge in [0.15, 0.2) is 0 Å². The number of hydrogen-bond acceptors (Lipinski definition) is 3. The second-order valence-corrected chi connectivity index (χ2v) is 4.66. The topological polar surface area (TPSA) is 50.3 Å². The smallest absolute Gasteiger partial charge is 0.267 e. The van der Waals surface area contributed by atoms with Gasteiger partial charge in [-0.15, -0.1) is 0 Å². The molecule has 0 bridgehead atoms. The van der Waals surface area contributed by atoms with Crippen molar-refractivity contribution >= 4 is 17.5 Å². The highest BCUT2D eigenvalue weighted by atomic mass is 16.2. The van der Waals surface area contributed by atoms with Gasteiger partial charge in [-0.2, -0.15) is 0 Å². The van der Waals surface area contributed by atoms with Gasteiger partial charge in [0.2, 0.25) is 0 Å². The van der Waals surface area contributed by atoms with Gasteiger partial charge >= 0.3 is 0 Å². The number of pyridine rings is 1. The molecule has 1 aromatic carbocycles. The number of hydrogen-bond donors (Lipinski definition) is 0. The second kappa shape index (κ2) is 4.02. The molecule has 0 atom stereocenters. The van der Waals surface area contributed by atoms with Gasteiger partial charge in [-0.3, -0.25) is 14.6 Å². The van der Waals surface area contributed by atoms with Crippen molar-refractivity contribution in [1.29, 1.82) is 0 Å². The maximum atomic E-state index is 12.3. The first-order chi connectivity index (χ1) is 9.09. The number of aryl methyl sites for hydroxylation is 2. The van der Waals surface area contributed by atoms with Crippen LogP contribution in [-0.2, 0) is 0 Å². The van der Waals surface area contributed by atoms with E-state index in [0.29, 0.717) is 16.8 Å². The maximum absolute atomic E-state index is 12.3. The predicted molar refractivity (Wildman–Crippen MR) is 71.3 cm³/mol. The molecule has 3 rings (SSSR count). The summed E-state index contributed by atoms with van der Waals surface area (Å²) in [5, 5.41) is 0. The molecule has 0 aliphatic carbocycles.